The number of amides is 1. The molecule has 4 nitrogen and oxygen atoms in total. The van der Waals surface area contributed by atoms with Crippen LogP contribution < -0.4 is 15.8 Å². The van der Waals surface area contributed by atoms with Gasteiger partial charge in [-0.1, -0.05) is 36.4 Å². The molecule has 1 amide bonds. The molecule has 0 aromatic heterocycles. The molecule has 1 saturated carbocycles. The van der Waals surface area contributed by atoms with Crippen molar-refractivity contribution in [2.45, 2.75) is 18.4 Å². The predicted octanol–water partition coefficient (Wildman–Crippen LogP) is 4.55. The summed E-state index contributed by atoms with van der Waals surface area (Å²) in [7, 11) is 0. The maximum atomic E-state index is 12.5. The average molecular weight is 344 g/mol. The van der Waals surface area contributed by atoms with Crippen LogP contribution in [0.15, 0.2) is 78.9 Å². The van der Waals surface area contributed by atoms with E-state index in [1.807, 2.05) is 66.7 Å². The molecule has 4 rings (SSSR count). The molecule has 1 aliphatic carbocycles. The van der Waals surface area contributed by atoms with Gasteiger partial charge in [-0.05, 0) is 54.4 Å². The zero-order valence-corrected chi connectivity index (χ0v) is 14.3. The lowest BCUT2D eigenvalue weighted by Crippen LogP contribution is -2.11. The third-order valence-electron chi connectivity index (χ3n) is 4.51. The van der Waals surface area contributed by atoms with Gasteiger partial charge in [0.25, 0.3) is 5.91 Å². The number of nitrogens with two attached hydrogens (primary N) is 1. The van der Waals surface area contributed by atoms with Crippen molar-refractivity contribution in [3.63, 3.8) is 0 Å². The number of ether oxygens (including phenoxy) is 1. The van der Waals surface area contributed by atoms with E-state index < -0.39 is 0 Å². The molecule has 130 valence electrons. The summed E-state index contributed by atoms with van der Waals surface area (Å²) >= 11 is 0. The molecule has 3 N–H and O–H groups in total. The number of para-hydroxylation sites is 1. The second kappa shape index (κ2) is 7.02. The second-order valence-corrected chi connectivity index (χ2v) is 6.53. The highest BCUT2D eigenvalue weighted by atomic mass is 16.5. The Labute approximate surface area is 152 Å². The van der Waals surface area contributed by atoms with E-state index >= 15 is 0 Å². The van der Waals surface area contributed by atoms with Crippen LogP contribution in [0.5, 0.6) is 11.5 Å². The minimum Gasteiger partial charge on any atom is -0.457 e. The number of carbonyl (C=O) groups is 1. The van der Waals surface area contributed by atoms with Crippen molar-refractivity contribution in [1.82, 2.24) is 0 Å². The summed E-state index contributed by atoms with van der Waals surface area (Å²) in [5.74, 6) is 1.66. The quantitative estimate of drug-likeness (QED) is 0.714. The van der Waals surface area contributed by atoms with Crippen molar-refractivity contribution in [3.8, 4) is 11.5 Å². The monoisotopic (exact) mass is 344 g/mol. The molecule has 0 bridgehead atoms. The van der Waals surface area contributed by atoms with E-state index in [0.29, 0.717) is 17.2 Å². The van der Waals surface area contributed by atoms with Crippen LogP contribution >= 0.6 is 0 Å². The lowest BCUT2D eigenvalue weighted by Gasteiger charge is -2.09. The Hall–Kier alpha value is -3.11. The van der Waals surface area contributed by atoms with Crippen LogP contribution in [0.2, 0.25) is 0 Å². The average Bonchev–Trinajstić information content (AvgIpc) is 3.40. The first-order valence-corrected chi connectivity index (χ1v) is 8.69. The number of rotatable bonds is 5. The zero-order valence-electron chi connectivity index (χ0n) is 14.3. The Morgan fingerprint density at radius 3 is 2.31 bits per heavy atom. The van der Waals surface area contributed by atoms with Crippen LogP contribution in [-0.4, -0.2) is 11.9 Å². The molecular weight excluding hydrogens is 324 g/mol. The third-order valence-corrected chi connectivity index (χ3v) is 4.51. The maximum absolute atomic E-state index is 12.5. The molecule has 3 aromatic carbocycles. The Balaban J connectivity index is 1.43. The summed E-state index contributed by atoms with van der Waals surface area (Å²) in [5, 5.41) is 2.92. The van der Waals surface area contributed by atoms with Crippen molar-refractivity contribution in [2.24, 2.45) is 5.73 Å². The molecule has 0 unspecified atom stereocenters. The number of carbonyl (C=O) groups excluding carboxylic acids is 1. The topological polar surface area (TPSA) is 64.3 Å². The highest BCUT2D eigenvalue weighted by Gasteiger charge is 2.34. The van der Waals surface area contributed by atoms with Crippen LogP contribution in [-0.2, 0) is 0 Å². The van der Waals surface area contributed by atoms with Crippen LogP contribution in [0, 0.1) is 0 Å². The predicted molar refractivity (Wildman–Crippen MR) is 103 cm³/mol. The van der Waals surface area contributed by atoms with Crippen molar-refractivity contribution in [1.29, 1.82) is 0 Å². The largest absolute Gasteiger partial charge is 0.457 e. The summed E-state index contributed by atoms with van der Waals surface area (Å²) in [6.07, 6.45) is 1.04. The van der Waals surface area contributed by atoms with E-state index in [4.69, 9.17) is 10.5 Å². The van der Waals surface area contributed by atoms with Gasteiger partial charge in [0.05, 0.1) is 0 Å². The van der Waals surface area contributed by atoms with Gasteiger partial charge in [-0.3, -0.25) is 4.79 Å². The van der Waals surface area contributed by atoms with Gasteiger partial charge in [0.15, 0.2) is 0 Å². The van der Waals surface area contributed by atoms with Gasteiger partial charge < -0.3 is 15.8 Å². The molecule has 26 heavy (non-hydrogen) atoms. The number of benzene rings is 3. The maximum Gasteiger partial charge on any atom is 0.255 e. The Morgan fingerprint density at radius 2 is 1.62 bits per heavy atom. The molecule has 0 saturated heterocycles. The lowest BCUT2D eigenvalue weighted by atomic mass is 10.1. The van der Waals surface area contributed by atoms with Crippen LogP contribution in [0.3, 0.4) is 0 Å². The van der Waals surface area contributed by atoms with Crippen molar-refractivity contribution >= 4 is 11.6 Å². The zero-order chi connectivity index (χ0) is 17.9. The molecule has 0 aliphatic heterocycles. The molecule has 1 fully saturated rings. The first kappa shape index (κ1) is 16.4. The lowest BCUT2D eigenvalue weighted by molar-refractivity contribution is 0.102. The summed E-state index contributed by atoms with van der Waals surface area (Å²) in [6.45, 7) is 0. The fourth-order valence-electron chi connectivity index (χ4n) is 2.94. The SMILES string of the molecule is N[C@@H]1C[C@H]1c1ccc(NC(=O)c2cccc(Oc3ccccc3)c2)cc1. The minimum absolute atomic E-state index is 0.167. The van der Waals surface area contributed by atoms with E-state index in [2.05, 4.69) is 5.32 Å². The van der Waals surface area contributed by atoms with E-state index in [0.717, 1.165) is 17.9 Å². The van der Waals surface area contributed by atoms with Gasteiger partial charge in [-0.15, -0.1) is 0 Å². The van der Waals surface area contributed by atoms with E-state index in [1.165, 1.54) is 5.56 Å². The Kier molecular flexibility index (Phi) is 4.42. The van der Waals surface area contributed by atoms with Crippen LogP contribution in [0.1, 0.15) is 28.3 Å². The molecule has 2 atom stereocenters. The summed E-state index contributed by atoms with van der Waals surface area (Å²) < 4.78 is 5.79. The Bertz CT molecular complexity index is 907. The molecule has 1 aliphatic rings. The second-order valence-electron chi connectivity index (χ2n) is 6.53. The molecule has 0 heterocycles. The molecule has 3 aromatic rings. The highest BCUT2D eigenvalue weighted by Crippen LogP contribution is 2.39. The third kappa shape index (κ3) is 3.76. The van der Waals surface area contributed by atoms with Crippen molar-refractivity contribution < 1.29 is 9.53 Å². The Morgan fingerprint density at radius 1 is 0.923 bits per heavy atom. The van der Waals surface area contributed by atoms with Crippen molar-refractivity contribution in [3.05, 3.63) is 90.0 Å². The normalized spacial score (nSPS) is 18.2. The van der Waals surface area contributed by atoms with Gasteiger partial charge in [-0.2, -0.15) is 0 Å². The summed E-state index contributed by atoms with van der Waals surface area (Å²) in [5.41, 5.74) is 8.43. The standard InChI is InChI=1S/C22H20N2O2/c23-21-14-20(21)15-9-11-17(12-10-15)24-22(25)16-5-4-8-19(13-16)26-18-6-2-1-3-7-18/h1-13,20-21H,14,23H2,(H,24,25)/t20-,21+/m0/s1. The van der Waals surface area contributed by atoms with Gasteiger partial charge in [0, 0.05) is 23.2 Å². The number of anilines is 1. The summed E-state index contributed by atoms with van der Waals surface area (Å²) in [4.78, 5) is 12.5. The van der Waals surface area contributed by atoms with Gasteiger partial charge in [-0.25, -0.2) is 0 Å². The van der Waals surface area contributed by atoms with Gasteiger partial charge in [0.2, 0.25) is 0 Å². The van der Waals surface area contributed by atoms with Gasteiger partial charge in [0.1, 0.15) is 11.5 Å². The van der Waals surface area contributed by atoms with Crippen LogP contribution in [0.25, 0.3) is 0 Å². The number of hydrogen-bond donors (Lipinski definition) is 2. The molecule has 0 spiro atoms. The van der Waals surface area contributed by atoms with E-state index in [-0.39, 0.29) is 11.9 Å². The minimum atomic E-state index is -0.167. The first-order valence-electron chi connectivity index (χ1n) is 8.69. The fourth-order valence-corrected chi connectivity index (χ4v) is 2.94. The highest BCUT2D eigenvalue weighted by molar-refractivity contribution is 6.04. The van der Waals surface area contributed by atoms with Crippen LogP contribution in [0.4, 0.5) is 5.69 Å². The smallest absolute Gasteiger partial charge is 0.255 e. The number of nitrogens with one attached hydrogen (secondary N) is 1. The summed E-state index contributed by atoms with van der Waals surface area (Å²) in [6, 6.07) is 24.8. The number of hydrogen-bond acceptors (Lipinski definition) is 3. The van der Waals surface area contributed by atoms with E-state index in [9.17, 15) is 4.79 Å². The molecular formula is C22H20N2O2. The van der Waals surface area contributed by atoms with E-state index in [1.54, 1.807) is 12.1 Å². The van der Waals surface area contributed by atoms with Gasteiger partial charge >= 0.3 is 0 Å². The first-order chi connectivity index (χ1) is 12.7. The fraction of sp³-hybridized carbons (Fsp3) is 0.136. The van der Waals surface area contributed by atoms with Crippen molar-refractivity contribution in [2.75, 3.05) is 5.32 Å². The molecule has 0 radical (unpaired) electrons. The molecule has 4 heteroatoms.